The van der Waals surface area contributed by atoms with Crippen molar-refractivity contribution in [2.75, 3.05) is 6.61 Å². The zero-order valence-electron chi connectivity index (χ0n) is 31.1. The number of aliphatic hydroxyl groups is 6. The number of aliphatic hydroxyl groups excluding tert-OH is 4. The molecule has 0 amide bonds. The average Bonchev–Trinajstić information content (AvgIpc) is 3.22. The summed E-state index contributed by atoms with van der Waals surface area (Å²) in [6.45, 7) is 14.8. The molecule has 286 valence electrons. The van der Waals surface area contributed by atoms with Crippen LogP contribution in [-0.2, 0) is 33.3 Å². The lowest BCUT2D eigenvalue weighted by Crippen LogP contribution is -2.74. The first kappa shape index (κ1) is 38.6. The lowest BCUT2D eigenvalue weighted by molar-refractivity contribution is -0.453. The summed E-state index contributed by atoms with van der Waals surface area (Å²) in [6, 6.07) is 0. The van der Waals surface area contributed by atoms with E-state index in [0.29, 0.717) is 6.42 Å². The van der Waals surface area contributed by atoms with Crippen LogP contribution in [0.1, 0.15) is 88.0 Å². The number of allylic oxidation sites excluding steroid dienone is 1. The normalized spacial score (nSPS) is 48.7. The van der Waals surface area contributed by atoms with E-state index in [0.717, 1.165) is 5.57 Å². The average molecular weight is 721 g/mol. The summed E-state index contributed by atoms with van der Waals surface area (Å²) in [5.41, 5.74) is -6.20. The summed E-state index contributed by atoms with van der Waals surface area (Å²) >= 11 is 0. The van der Waals surface area contributed by atoms with Gasteiger partial charge in [0.1, 0.15) is 47.5 Å². The SMILES string of the molecule is CC(=O)OC(C)(C)C=CC(=O)C(C)(O)C1C(O)CC2(C)C3CC=C4C(CC5OC6OC(CO)C(O)C(O)C6OC5(O)C4(C)C)C3(C)C(=O)CC12C. The number of hydrogen-bond donors (Lipinski definition) is 6. The van der Waals surface area contributed by atoms with Gasteiger partial charge in [-0.1, -0.05) is 46.3 Å². The topological polar surface area (TPSA) is 210 Å². The monoisotopic (exact) mass is 720 g/mol. The van der Waals surface area contributed by atoms with Crippen molar-refractivity contribution in [2.45, 2.75) is 148 Å². The maximum Gasteiger partial charge on any atom is 0.303 e. The Morgan fingerprint density at radius 1 is 1.04 bits per heavy atom. The second-order valence-electron chi connectivity index (χ2n) is 18.0. The minimum atomic E-state index is -2.06. The van der Waals surface area contributed by atoms with Crippen LogP contribution in [-0.4, -0.2) is 115 Å². The molecule has 4 aliphatic carbocycles. The molecule has 15 unspecified atom stereocenters. The number of ether oxygens (including phenoxy) is 4. The zero-order chi connectivity index (χ0) is 38.1. The van der Waals surface area contributed by atoms with E-state index in [1.165, 1.54) is 26.0 Å². The number of fused-ring (bicyclic) bond motifs is 7. The summed E-state index contributed by atoms with van der Waals surface area (Å²) < 4.78 is 23.6. The minimum absolute atomic E-state index is 0.0170. The van der Waals surface area contributed by atoms with Crippen LogP contribution in [0.3, 0.4) is 0 Å². The molecule has 5 fully saturated rings. The third kappa shape index (κ3) is 5.24. The maximum absolute atomic E-state index is 14.9. The van der Waals surface area contributed by atoms with Gasteiger partial charge in [0.2, 0.25) is 5.79 Å². The molecule has 6 N–H and O–H groups in total. The molecule has 0 aromatic heterocycles. The quantitative estimate of drug-likeness (QED) is 0.131. The highest BCUT2D eigenvalue weighted by Crippen LogP contribution is 2.75. The zero-order valence-corrected chi connectivity index (χ0v) is 31.1. The fourth-order valence-corrected chi connectivity index (χ4v) is 11.5. The van der Waals surface area contributed by atoms with Crippen LogP contribution in [0.5, 0.6) is 0 Å². The number of carbonyl (C=O) groups excluding carboxylic acids is 3. The Morgan fingerprint density at radius 3 is 2.29 bits per heavy atom. The molecule has 2 aliphatic heterocycles. The fraction of sp³-hybridized carbons (Fsp3) is 0.816. The molecule has 0 spiro atoms. The van der Waals surface area contributed by atoms with E-state index in [1.54, 1.807) is 13.8 Å². The van der Waals surface area contributed by atoms with Crippen LogP contribution in [0.2, 0.25) is 0 Å². The van der Waals surface area contributed by atoms with Crippen LogP contribution in [0.15, 0.2) is 23.8 Å². The van der Waals surface area contributed by atoms with Crippen molar-refractivity contribution in [2.24, 2.45) is 39.4 Å². The molecule has 6 aliphatic rings. The Kier molecular flexibility index (Phi) is 9.07. The molecule has 0 bridgehead atoms. The lowest BCUT2D eigenvalue weighted by Gasteiger charge is -2.67. The third-order valence-electron chi connectivity index (χ3n) is 14.4. The molecule has 13 heteroatoms. The van der Waals surface area contributed by atoms with Crippen LogP contribution < -0.4 is 0 Å². The summed E-state index contributed by atoms with van der Waals surface area (Å²) in [7, 11) is 0. The van der Waals surface area contributed by atoms with Crippen molar-refractivity contribution in [1.29, 1.82) is 0 Å². The van der Waals surface area contributed by atoms with Gasteiger partial charge >= 0.3 is 5.97 Å². The van der Waals surface area contributed by atoms with E-state index in [9.17, 15) is 45.0 Å². The van der Waals surface area contributed by atoms with Gasteiger partial charge in [-0.3, -0.25) is 14.4 Å². The lowest BCUT2D eigenvalue weighted by atomic mass is 9.38. The summed E-state index contributed by atoms with van der Waals surface area (Å²) in [5, 5.41) is 67.2. The van der Waals surface area contributed by atoms with Gasteiger partial charge in [0.05, 0.1) is 12.7 Å². The van der Waals surface area contributed by atoms with Crippen LogP contribution in [0.4, 0.5) is 0 Å². The maximum atomic E-state index is 14.9. The van der Waals surface area contributed by atoms with Crippen LogP contribution in [0, 0.1) is 39.4 Å². The Balaban J connectivity index is 1.35. The van der Waals surface area contributed by atoms with Gasteiger partial charge in [-0.2, -0.15) is 0 Å². The van der Waals surface area contributed by atoms with Gasteiger partial charge in [-0.15, -0.1) is 0 Å². The Labute approximate surface area is 299 Å². The molecular formula is C38H56O13. The minimum Gasteiger partial charge on any atom is -0.456 e. The molecule has 2 heterocycles. The van der Waals surface area contributed by atoms with Gasteiger partial charge in [0.25, 0.3) is 0 Å². The second-order valence-corrected chi connectivity index (χ2v) is 18.0. The highest BCUT2D eigenvalue weighted by molar-refractivity contribution is 5.97. The van der Waals surface area contributed by atoms with Gasteiger partial charge in [-0.05, 0) is 74.9 Å². The highest BCUT2D eigenvalue weighted by atomic mass is 16.8. The molecule has 0 aromatic rings. The van der Waals surface area contributed by atoms with E-state index < -0.39 is 112 Å². The van der Waals surface area contributed by atoms with E-state index in [1.807, 2.05) is 40.7 Å². The third-order valence-corrected chi connectivity index (χ3v) is 14.4. The Morgan fingerprint density at radius 2 is 1.69 bits per heavy atom. The molecule has 6 rings (SSSR count). The predicted molar refractivity (Wildman–Crippen MR) is 179 cm³/mol. The van der Waals surface area contributed by atoms with Crippen molar-refractivity contribution in [3.05, 3.63) is 23.8 Å². The molecule has 2 saturated heterocycles. The molecule has 13 nitrogen and oxygen atoms in total. The summed E-state index contributed by atoms with van der Waals surface area (Å²) in [4.78, 5) is 40.1. The first-order valence-electron chi connectivity index (χ1n) is 18.1. The van der Waals surface area contributed by atoms with E-state index >= 15 is 0 Å². The van der Waals surface area contributed by atoms with Crippen molar-refractivity contribution in [1.82, 2.24) is 0 Å². The van der Waals surface area contributed by atoms with E-state index in [-0.39, 0.29) is 31.0 Å². The van der Waals surface area contributed by atoms with Crippen molar-refractivity contribution >= 4 is 17.5 Å². The van der Waals surface area contributed by atoms with Crippen LogP contribution >= 0.6 is 0 Å². The number of esters is 1. The van der Waals surface area contributed by atoms with Gasteiger partial charge in [0, 0.05) is 30.1 Å². The Bertz CT molecular complexity index is 1530. The molecule has 0 radical (unpaired) electrons. The highest BCUT2D eigenvalue weighted by Gasteiger charge is 2.76. The summed E-state index contributed by atoms with van der Waals surface area (Å²) in [6.07, 6.45) is -3.21. The van der Waals surface area contributed by atoms with Gasteiger partial charge in [0.15, 0.2) is 12.1 Å². The number of ketones is 2. The van der Waals surface area contributed by atoms with E-state index in [2.05, 4.69) is 0 Å². The predicted octanol–water partition coefficient (Wildman–Crippen LogP) is 1.48. The molecule has 0 aromatic carbocycles. The number of rotatable bonds is 6. The second kappa shape index (κ2) is 12.0. The van der Waals surface area contributed by atoms with Crippen LogP contribution in [0.25, 0.3) is 0 Å². The first-order valence-corrected chi connectivity index (χ1v) is 18.1. The van der Waals surface area contributed by atoms with Crippen molar-refractivity contribution < 1.29 is 64.0 Å². The van der Waals surface area contributed by atoms with Gasteiger partial charge < -0.3 is 49.6 Å². The van der Waals surface area contributed by atoms with Crippen molar-refractivity contribution in [3.63, 3.8) is 0 Å². The standard InChI is InChI=1S/C38H56O13/c1-18(40)50-32(2,3)13-12-24(42)37(9,46)30-21(41)15-34(6)23-11-10-19-20(36(23,8)25(43)16-35(30,34)7)14-26-38(47,33(19,4)5)51-29-28(45)27(44)22(17-39)48-31(29)49-26/h10,12-13,20-23,26-31,39,41,44-47H,11,14-17H2,1-9H3. The molecular weight excluding hydrogens is 664 g/mol. The summed E-state index contributed by atoms with van der Waals surface area (Å²) in [5.74, 6) is -4.99. The molecule has 15 atom stereocenters. The molecule has 3 saturated carbocycles. The number of carbonyl (C=O) groups is 3. The van der Waals surface area contributed by atoms with E-state index in [4.69, 9.17) is 18.9 Å². The smallest absolute Gasteiger partial charge is 0.303 e. The first-order chi connectivity index (χ1) is 23.3. The van der Waals surface area contributed by atoms with Gasteiger partial charge in [-0.25, -0.2) is 0 Å². The van der Waals surface area contributed by atoms with Crippen molar-refractivity contribution in [3.8, 4) is 0 Å². The number of Topliss-reactive ketones (excluding diaryl/α,β-unsaturated/α-hetero) is 1. The molecule has 51 heavy (non-hydrogen) atoms. The largest absolute Gasteiger partial charge is 0.456 e. The fourth-order valence-electron chi connectivity index (χ4n) is 11.5. The number of hydrogen-bond acceptors (Lipinski definition) is 13. The Hall–Kier alpha value is -2.07.